The summed E-state index contributed by atoms with van der Waals surface area (Å²) in [7, 11) is 2.56. The second-order valence-electron chi connectivity index (χ2n) is 7.19. The van der Waals surface area contributed by atoms with Crippen LogP contribution in [-0.4, -0.2) is 44.0 Å². The van der Waals surface area contributed by atoms with Gasteiger partial charge >= 0.3 is 0 Å². The van der Waals surface area contributed by atoms with Crippen molar-refractivity contribution < 1.29 is 8.42 Å². The second kappa shape index (κ2) is 9.73. The fourth-order valence-corrected chi connectivity index (χ4v) is 4.60. The average Bonchev–Trinajstić information content (AvgIpc) is 3.18. The number of unbranched alkanes of at least 4 members (excludes halogenated alkanes) is 1. The van der Waals surface area contributed by atoms with Crippen molar-refractivity contribution in [1.29, 1.82) is 0 Å². The van der Waals surface area contributed by atoms with Gasteiger partial charge in [0.1, 0.15) is 13.7 Å². The van der Waals surface area contributed by atoms with Gasteiger partial charge in [-0.2, -0.15) is 9.61 Å². The number of rotatable bonds is 9. The Labute approximate surface area is 193 Å². The largest absolute Gasteiger partial charge is 0.370 e. The number of nitrogens with zero attached hydrogens (tertiary/aromatic N) is 3. The first-order chi connectivity index (χ1) is 15.5. The Kier molecular flexibility index (Phi) is 6.79. The standard InChI is InChI=1S/C22H21BClN5O2S/c23-18-15-26-29-21(14-20(28-22(18)29)17-10-4-5-11-19(17)24)25-12-6-7-13-27-32(30,31)16-8-2-1-3-9-16/h1-5,8-11,14-15,25,27H,6-7,12-13H2. The molecular formula is C22H21BClN5O2S. The topological polar surface area (TPSA) is 88.4 Å². The van der Waals surface area contributed by atoms with E-state index in [-0.39, 0.29) is 4.90 Å². The Hall–Kier alpha value is -2.88. The molecule has 0 aliphatic rings. The number of hydrogen-bond acceptors (Lipinski definition) is 5. The van der Waals surface area contributed by atoms with Crippen LogP contribution in [0.2, 0.25) is 5.02 Å². The summed E-state index contributed by atoms with van der Waals surface area (Å²) < 4.78 is 28.8. The number of sulfonamides is 1. The third kappa shape index (κ3) is 4.95. The quantitative estimate of drug-likeness (QED) is 0.293. The monoisotopic (exact) mass is 465 g/mol. The second-order valence-corrected chi connectivity index (χ2v) is 9.36. The molecule has 0 fully saturated rings. The molecule has 2 aromatic heterocycles. The zero-order valence-corrected chi connectivity index (χ0v) is 18.8. The summed E-state index contributed by atoms with van der Waals surface area (Å²) in [6.07, 6.45) is 2.98. The van der Waals surface area contributed by atoms with Crippen molar-refractivity contribution in [3.05, 3.63) is 71.9 Å². The zero-order valence-electron chi connectivity index (χ0n) is 17.2. The first-order valence-electron chi connectivity index (χ1n) is 10.1. The lowest BCUT2D eigenvalue weighted by atomic mass is 10.0. The lowest BCUT2D eigenvalue weighted by Gasteiger charge is -2.12. The number of aromatic nitrogens is 3. The number of fused-ring (bicyclic) bond motifs is 1. The lowest BCUT2D eigenvalue weighted by Crippen LogP contribution is -2.25. The van der Waals surface area contributed by atoms with Gasteiger partial charge in [0.2, 0.25) is 10.0 Å². The van der Waals surface area contributed by atoms with E-state index in [0.717, 1.165) is 17.8 Å². The minimum Gasteiger partial charge on any atom is -0.370 e. The first kappa shape index (κ1) is 22.3. The maximum Gasteiger partial charge on any atom is 0.240 e. The highest BCUT2D eigenvalue weighted by Gasteiger charge is 2.13. The van der Waals surface area contributed by atoms with Gasteiger partial charge in [-0.1, -0.05) is 48.0 Å². The van der Waals surface area contributed by atoms with E-state index >= 15 is 0 Å². The Morgan fingerprint density at radius 3 is 2.50 bits per heavy atom. The number of halogens is 1. The third-order valence-corrected chi connectivity index (χ3v) is 6.71. The van der Waals surface area contributed by atoms with Crippen molar-refractivity contribution in [2.45, 2.75) is 17.7 Å². The summed E-state index contributed by atoms with van der Waals surface area (Å²) in [5.41, 5.74) is 2.50. The van der Waals surface area contributed by atoms with Crippen molar-refractivity contribution in [2.75, 3.05) is 18.4 Å². The molecule has 2 heterocycles. The van der Waals surface area contributed by atoms with E-state index in [9.17, 15) is 8.42 Å². The van der Waals surface area contributed by atoms with Crippen LogP contribution in [0.15, 0.2) is 71.8 Å². The predicted molar refractivity (Wildman–Crippen MR) is 128 cm³/mol. The molecular weight excluding hydrogens is 445 g/mol. The molecule has 0 aliphatic heterocycles. The summed E-state index contributed by atoms with van der Waals surface area (Å²) in [5, 5.41) is 8.24. The fourth-order valence-electron chi connectivity index (χ4n) is 3.27. The predicted octanol–water partition coefficient (Wildman–Crippen LogP) is 3.01. The molecule has 32 heavy (non-hydrogen) atoms. The fraction of sp³-hybridized carbons (Fsp3) is 0.182. The van der Waals surface area contributed by atoms with Crippen LogP contribution in [-0.2, 0) is 10.0 Å². The molecule has 10 heteroatoms. The summed E-state index contributed by atoms with van der Waals surface area (Å²) in [6.45, 7) is 0.970. The lowest BCUT2D eigenvalue weighted by molar-refractivity contribution is 0.577. The van der Waals surface area contributed by atoms with Crippen LogP contribution in [0.25, 0.3) is 16.9 Å². The molecule has 0 spiro atoms. The molecule has 4 aromatic rings. The maximum absolute atomic E-state index is 12.3. The van der Waals surface area contributed by atoms with Crippen molar-refractivity contribution in [1.82, 2.24) is 19.3 Å². The molecule has 2 radical (unpaired) electrons. The third-order valence-electron chi connectivity index (χ3n) is 4.90. The first-order valence-corrected chi connectivity index (χ1v) is 12.0. The van der Waals surface area contributed by atoms with Gasteiger partial charge in [0.25, 0.3) is 0 Å². The van der Waals surface area contributed by atoms with Crippen molar-refractivity contribution >= 4 is 46.4 Å². The van der Waals surface area contributed by atoms with E-state index in [2.05, 4.69) is 20.1 Å². The van der Waals surface area contributed by atoms with Crippen LogP contribution in [0, 0.1) is 0 Å². The van der Waals surface area contributed by atoms with Gasteiger partial charge in [0.15, 0.2) is 5.65 Å². The molecule has 162 valence electrons. The molecule has 0 aliphatic carbocycles. The van der Waals surface area contributed by atoms with Gasteiger partial charge in [0, 0.05) is 35.9 Å². The highest BCUT2D eigenvalue weighted by atomic mass is 35.5. The van der Waals surface area contributed by atoms with Gasteiger partial charge in [-0.15, -0.1) is 0 Å². The van der Waals surface area contributed by atoms with E-state index in [1.807, 2.05) is 30.3 Å². The molecule has 0 amide bonds. The van der Waals surface area contributed by atoms with E-state index < -0.39 is 10.0 Å². The van der Waals surface area contributed by atoms with Crippen LogP contribution >= 0.6 is 11.6 Å². The van der Waals surface area contributed by atoms with Crippen LogP contribution in [0.5, 0.6) is 0 Å². The van der Waals surface area contributed by atoms with Crippen LogP contribution < -0.4 is 15.5 Å². The summed E-state index contributed by atoms with van der Waals surface area (Å²) >= 11 is 6.35. The smallest absolute Gasteiger partial charge is 0.240 e. The number of benzene rings is 2. The summed E-state index contributed by atoms with van der Waals surface area (Å²) in [5.74, 6) is 0.728. The highest BCUT2D eigenvalue weighted by Crippen LogP contribution is 2.28. The van der Waals surface area contributed by atoms with Gasteiger partial charge in [-0.05, 0) is 36.5 Å². The minimum absolute atomic E-state index is 0.265. The average molecular weight is 466 g/mol. The minimum atomic E-state index is -3.49. The highest BCUT2D eigenvalue weighted by molar-refractivity contribution is 7.89. The molecule has 0 atom stereocenters. The number of anilines is 1. The van der Waals surface area contributed by atoms with E-state index in [1.54, 1.807) is 41.0 Å². The summed E-state index contributed by atoms with van der Waals surface area (Å²) in [4.78, 5) is 4.88. The molecule has 4 rings (SSSR count). The van der Waals surface area contributed by atoms with Crippen LogP contribution in [0.3, 0.4) is 0 Å². The number of nitrogens with one attached hydrogen (secondary N) is 2. The van der Waals surface area contributed by atoms with Crippen molar-refractivity contribution in [3.63, 3.8) is 0 Å². The zero-order chi connectivity index (χ0) is 22.6. The molecule has 0 saturated carbocycles. The van der Waals surface area contributed by atoms with E-state index in [4.69, 9.17) is 19.4 Å². The van der Waals surface area contributed by atoms with E-state index in [1.165, 1.54) is 0 Å². The SMILES string of the molecule is [B]c1cnn2c(NCCCCNS(=O)(=O)c3ccccc3)cc(-c3ccccc3Cl)nc12. The molecule has 7 nitrogen and oxygen atoms in total. The van der Waals surface area contributed by atoms with Crippen molar-refractivity contribution in [3.8, 4) is 11.3 Å². The van der Waals surface area contributed by atoms with Crippen LogP contribution in [0.4, 0.5) is 5.82 Å². The molecule has 2 N–H and O–H groups in total. The molecule has 0 unspecified atom stereocenters. The number of hydrogen-bond donors (Lipinski definition) is 2. The Balaban J connectivity index is 1.40. The summed E-state index contributed by atoms with van der Waals surface area (Å²) in [6, 6.07) is 17.7. The van der Waals surface area contributed by atoms with Crippen molar-refractivity contribution in [2.24, 2.45) is 0 Å². The van der Waals surface area contributed by atoms with Gasteiger partial charge < -0.3 is 5.32 Å². The molecule has 0 saturated heterocycles. The maximum atomic E-state index is 12.3. The normalized spacial score (nSPS) is 11.7. The Morgan fingerprint density at radius 2 is 1.72 bits per heavy atom. The van der Waals surface area contributed by atoms with Gasteiger partial charge in [-0.25, -0.2) is 18.1 Å². The molecule has 2 aromatic carbocycles. The Bertz CT molecular complexity index is 1330. The van der Waals surface area contributed by atoms with Gasteiger partial charge in [-0.3, -0.25) is 0 Å². The van der Waals surface area contributed by atoms with E-state index in [0.29, 0.717) is 41.3 Å². The van der Waals surface area contributed by atoms with Gasteiger partial charge in [0.05, 0.1) is 10.6 Å². The Morgan fingerprint density at radius 1 is 1.00 bits per heavy atom. The molecule has 0 bridgehead atoms. The van der Waals surface area contributed by atoms with Crippen LogP contribution in [0.1, 0.15) is 12.8 Å².